The zero-order valence-corrected chi connectivity index (χ0v) is 12.9. The topological polar surface area (TPSA) is 49.8 Å². The molecule has 0 aliphatic carbocycles. The summed E-state index contributed by atoms with van der Waals surface area (Å²) in [6, 6.07) is 7.07. The lowest BCUT2D eigenvalue weighted by Crippen LogP contribution is -2.43. The number of likely N-dealkylation sites (tertiary alicyclic amines) is 1. The van der Waals surface area contributed by atoms with Crippen molar-refractivity contribution in [3.05, 3.63) is 29.8 Å². The first-order chi connectivity index (χ1) is 10.1. The molecule has 1 N–H and O–H groups in total. The van der Waals surface area contributed by atoms with E-state index in [1.807, 2.05) is 0 Å². The van der Waals surface area contributed by atoms with Crippen molar-refractivity contribution in [2.24, 2.45) is 5.92 Å². The number of para-hydroxylation sites is 1. The first-order valence-electron chi connectivity index (χ1n) is 7.78. The molecule has 1 fully saturated rings. The molecule has 1 aliphatic heterocycles. The van der Waals surface area contributed by atoms with Crippen molar-refractivity contribution in [2.75, 3.05) is 19.7 Å². The Hall–Kier alpha value is -1.55. The van der Waals surface area contributed by atoms with Crippen molar-refractivity contribution in [1.29, 1.82) is 0 Å². The Kier molecular flexibility index (Phi) is 5.62. The van der Waals surface area contributed by atoms with E-state index >= 15 is 0 Å². The van der Waals surface area contributed by atoms with Gasteiger partial charge in [-0.15, -0.1) is 0 Å². The molecule has 0 spiro atoms. The first-order valence-corrected chi connectivity index (χ1v) is 7.78. The molecule has 1 aliphatic rings. The number of nitrogens with zero attached hydrogens (tertiary/aromatic N) is 1. The Morgan fingerprint density at radius 2 is 2.14 bits per heavy atom. The predicted molar refractivity (Wildman–Crippen MR) is 82.4 cm³/mol. The number of carbonyl (C=O) groups excluding carboxylic acids is 1. The van der Waals surface area contributed by atoms with Crippen molar-refractivity contribution in [2.45, 2.75) is 39.2 Å². The van der Waals surface area contributed by atoms with Crippen LogP contribution in [0, 0.1) is 5.92 Å². The minimum atomic E-state index is -0.451. The number of phenolic OH excluding ortho intramolecular Hbond substituents is 1. The number of ether oxygens (including phenoxy) is 1. The second kappa shape index (κ2) is 7.46. The van der Waals surface area contributed by atoms with E-state index in [0.29, 0.717) is 12.6 Å². The molecule has 4 nitrogen and oxygen atoms in total. The summed E-state index contributed by atoms with van der Waals surface area (Å²) in [4.78, 5) is 14.3. The largest absolute Gasteiger partial charge is 0.507 e. The number of benzene rings is 1. The maximum absolute atomic E-state index is 11.8. The summed E-state index contributed by atoms with van der Waals surface area (Å²) in [5.74, 6) is 0.261. The fourth-order valence-electron chi connectivity index (χ4n) is 2.89. The zero-order chi connectivity index (χ0) is 15.2. The fraction of sp³-hybridized carbons (Fsp3) is 0.588. The summed E-state index contributed by atoms with van der Waals surface area (Å²) >= 11 is 0. The Morgan fingerprint density at radius 1 is 1.38 bits per heavy atom. The molecule has 2 atom stereocenters. The highest BCUT2D eigenvalue weighted by Crippen LogP contribution is 2.22. The number of rotatable bonds is 5. The van der Waals surface area contributed by atoms with Crippen molar-refractivity contribution in [3.8, 4) is 5.75 Å². The lowest BCUT2D eigenvalue weighted by molar-refractivity contribution is 0.0457. The Morgan fingerprint density at radius 3 is 2.90 bits per heavy atom. The van der Waals surface area contributed by atoms with Gasteiger partial charge in [0.05, 0.1) is 6.61 Å². The van der Waals surface area contributed by atoms with E-state index in [-0.39, 0.29) is 11.3 Å². The molecule has 4 heteroatoms. The maximum Gasteiger partial charge on any atom is 0.341 e. The van der Waals surface area contributed by atoms with E-state index in [4.69, 9.17) is 4.74 Å². The lowest BCUT2D eigenvalue weighted by atomic mass is 9.92. The van der Waals surface area contributed by atoms with Gasteiger partial charge < -0.3 is 14.7 Å². The van der Waals surface area contributed by atoms with Crippen LogP contribution in [0.4, 0.5) is 0 Å². The molecule has 1 heterocycles. The molecule has 0 saturated carbocycles. The highest BCUT2D eigenvalue weighted by Gasteiger charge is 2.24. The van der Waals surface area contributed by atoms with Crippen LogP contribution in [0.3, 0.4) is 0 Å². The second-order valence-electron chi connectivity index (χ2n) is 5.90. The molecule has 2 unspecified atom stereocenters. The number of phenols is 1. The van der Waals surface area contributed by atoms with Crippen LogP contribution in [0.1, 0.15) is 43.5 Å². The zero-order valence-electron chi connectivity index (χ0n) is 12.9. The number of piperidine rings is 1. The van der Waals surface area contributed by atoms with Crippen LogP contribution in [0.2, 0.25) is 0 Å². The highest BCUT2D eigenvalue weighted by molar-refractivity contribution is 5.92. The van der Waals surface area contributed by atoms with Crippen LogP contribution in [0.15, 0.2) is 24.3 Å². The Labute approximate surface area is 126 Å². The van der Waals surface area contributed by atoms with Crippen LogP contribution >= 0.6 is 0 Å². The smallest absolute Gasteiger partial charge is 0.341 e. The summed E-state index contributed by atoms with van der Waals surface area (Å²) in [5.41, 5.74) is 0.234. The van der Waals surface area contributed by atoms with Crippen molar-refractivity contribution >= 4 is 5.97 Å². The standard InChI is InChI=1S/C17H25NO3/c1-13-7-5-10-18(14(13)2)11-6-12-21-17(20)15-8-3-4-9-16(15)19/h3-4,8-9,13-14,19H,5-7,10-12H2,1-2H3. The minimum absolute atomic E-state index is 0.0269. The molecule has 0 radical (unpaired) electrons. The van der Waals surface area contributed by atoms with Gasteiger partial charge >= 0.3 is 5.97 Å². The molecular weight excluding hydrogens is 266 g/mol. The summed E-state index contributed by atoms with van der Waals surface area (Å²) in [7, 11) is 0. The second-order valence-corrected chi connectivity index (χ2v) is 5.90. The predicted octanol–water partition coefficient (Wildman–Crippen LogP) is 3.06. The van der Waals surface area contributed by atoms with Crippen molar-refractivity contribution in [3.63, 3.8) is 0 Å². The summed E-state index contributed by atoms with van der Waals surface area (Å²) in [5, 5.41) is 9.60. The summed E-state index contributed by atoms with van der Waals surface area (Å²) < 4.78 is 5.24. The van der Waals surface area contributed by atoms with Crippen LogP contribution in [-0.2, 0) is 4.74 Å². The number of carbonyl (C=O) groups is 1. The van der Waals surface area contributed by atoms with Gasteiger partial charge in [-0.2, -0.15) is 0 Å². The van der Waals surface area contributed by atoms with Crippen molar-refractivity contribution < 1.29 is 14.6 Å². The SMILES string of the molecule is CC1CCCN(CCCOC(=O)c2ccccc2O)C1C. The van der Waals surface area contributed by atoms with Gasteiger partial charge in [0, 0.05) is 12.6 Å². The van der Waals surface area contributed by atoms with E-state index in [1.165, 1.54) is 18.9 Å². The van der Waals surface area contributed by atoms with Gasteiger partial charge in [0.2, 0.25) is 0 Å². The maximum atomic E-state index is 11.8. The third-order valence-corrected chi connectivity index (χ3v) is 4.45. The number of aromatic hydroxyl groups is 1. The van der Waals surface area contributed by atoms with Crippen LogP contribution < -0.4 is 0 Å². The number of esters is 1. The van der Waals surface area contributed by atoms with E-state index in [1.54, 1.807) is 18.2 Å². The van der Waals surface area contributed by atoms with Gasteiger partial charge in [-0.3, -0.25) is 0 Å². The van der Waals surface area contributed by atoms with Gasteiger partial charge in [-0.05, 0) is 50.8 Å². The van der Waals surface area contributed by atoms with Gasteiger partial charge in [0.1, 0.15) is 11.3 Å². The molecule has 21 heavy (non-hydrogen) atoms. The summed E-state index contributed by atoms with van der Waals surface area (Å²) in [6.07, 6.45) is 3.39. The molecular formula is C17H25NO3. The van der Waals surface area contributed by atoms with E-state index < -0.39 is 5.97 Å². The molecule has 1 saturated heterocycles. The van der Waals surface area contributed by atoms with Gasteiger partial charge in [-0.1, -0.05) is 19.1 Å². The Bertz CT molecular complexity index is 475. The molecule has 0 amide bonds. The van der Waals surface area contributed by atoms with Gasteiger partial charge in [-0.25, -0.2) is 4.79 Å². The molecule has 116 valence electrons. The Balaban J connectivity index is 1.72. The average Bonchev–Trinajstić information content (AvgIpc) is 2.48. The highest BCUT2D eigenvalue weighted by atomic mass is 16.5. The monoisotopic (exact) mass is 291 g/mol. The van der Waals surface area contributed by atoms with Crippen LogP contribution in [0.5, 0.6) is 5.75 Å². The first kappa shape index (κ1) is 15.8. The van der Waals surface area contributed by atoms with Gasteiger partial charge in [0.15, 0.2) is 0 Å². The molecule has 2 rings (SSSR count). The lowest BCUT2D eigenvalue weighted by Gasteiger charge is -2.37. The third-order valence-electron chi connectivity index (χ3n) is 4.45. The quantitative estimate of drug-likeness (QED) is 0.669. The molecule has 1 aromatic rings. The molecule has 0 bridgehead atoms. The minimum Gasteiger partial charge on any atom is -0.507 e. The van der Waals surface area contributed by atoms with E-state index in [2.05, 4.69) is 18.7 Å². The number of hydrogen-bond donors (Lipinski definition) is 1. The van der Waals surface area contributed by atoms with Crippen molar-refractivity contribution in [1.82, 2.24) is 4.90 Å². The van der Waals surface area contributed by atoms with E-state index in [9.17, 15) is 9.90 Å². The molecule has 0 aromatic heterocycles. The van der Waals surface area contributed by atoms with Gasteiger partial charge in [0.25, 0.3) is 0 Å². The fourth-order valence-corrected chi connectivity index (χ4v) is 2.89. The van der Waals surface area contributed by atoms with Crippen LogP contribution in [-0.4, -0.2) is 41.7 Å². The third kappa shape index (κ3) is 4.21. The normalized spacial score (nSPS) is 23.0. The molecule has 1 aromatic carbocycles. The summed E-state index contributed by atoms with van der Waals surface area (Å²) in [6.45, 7) is 7.07. The van der Waals surface area contributed by atoms with E-state index in [0.717, 1.165) is 25.4 Å². The number of hydrogen-bond acceptors (Lipinski definition) is 4. The average molecular weight is 291 g/mol. The van der Waals surface area contributed by atoms with Crippen LogP contribution in [0.25, 0.3) is 0 Å².